The Labute approximate surface area is 93.6 Å². The van der Waals surface area contributed by atoms with Gasteiger partial charge in [0.05, 0.1) is 11.0 Å². The van der Waals surface area contributed by atoms with Crippen molar-refractivity contribution in [2.24, 2.45) is 5.73 Å². The van der Waals surface area contributed by atoms with E-state index in [2.05, 4.69) is 16.0 Å². The largest absolute Gasteiger partial charge is 0.342 e. The van der Waals surface area contributed by atoms with Gasteiger partial charge in [0.25, 0.3) is 0 Å². The Bertz CT molecular complexity index is 476. The number of rotatable bonds is 3. The van der Waals surface area contributed by atoms with E-state index >= 15 is 0 Å². The highest BCUT2D eigenvalue weighted by atomic mass is 35.5. The summed E-state index contributed by atoms with van der Waals surface area (Å²) in [4.78, 5) is 7.53. The maximum Gasteiger partial charge on any atom is 0.104 e. The predicted molar refractivity (Wildman–Crippen MR) is 63.2 cm³/mol. The van der Waals surface area contributed by atoms with E-state index in [1.165, 1.54) is 0 Å². The molecule has 1 aromatic heterocycles. The van der Waals surface area contributed by atoms with Crippen LogP contribution in [0.15, 0.2) is 12.1 Å². The van der Waals surface area contributed by atoms with Crippen LogP contribution in [0, 0.1) is 6.92 Å². The quantitative estimate of drug-likeness (QED) is 0.840. The molecule has 0 saturated carbocycles. The van der Waals surface area contributed by atoms with Gasteiger partial charge in [-0.2, -0.15) is 0 Å². The highest BCUT2D eigenvalue weighted by Gasteiger charge is 2.05. The van der Waals surface area contributed by atoms with Crippen molar-refractivity contribution in [3.8, 4) is 0 Å². The first-order valence-electron chi connectivity index (χ1n) is 5.05. The second kappa shape index (κ2) is 4.21. The zero-order valence-electron chi connectivity index (χ0n) is 8.68. The number of nitrogens with one attached hydrogen (secondary N) is 1. The Balaban J connectivity index is 2.42. The molecule has 80 valence electrons. The monoisotopic (exact) mass is 223 g/mol. The van der Waals surface area contributed by atoms with Crippen LogP contribution in [0.3, 0.4) is 0 Å². The first-order valence-corrected chi connectivity index (χ1v) is 5.43. The molecule has 0 fully saturated rings. The Morgan fingerprint density at radius 2 is 2.27 bits per heavy atom. The van der Waals surface area contributed by atoms with Gasteiger partial charge in [0, 0.05) is 5.02 Å². The van der Waals surface area contributed by atoms with Crippen LogP contribution in [-0.4, -0.2) is 16.5 Å². The van der Waals surface area contributed by atoms with E-state index in [1.807, 2.05) is 13.0 Å². The average Bonchev–Trinajstić information content (AvgIpc) is 2.53. The molecular weight excluding hydrogens is 210 g/mol. The van der Waals surface area contributed by atoms with Gasteiger partial charge in [-0.05, 0) is 44.0 Å². The molecule has 3 N–H and O–H groups in total. The Morgan fingerprint density at radius 3 is 3.00 bits per heavy atom. The number of hydrogen-bond donors (Lipinski definition) is 2. The molecule has 0 radical (unpaired) electrons. The highest BCUT2D eigenvalue weighted by Crippen LogP contribution is 2.23. The van der Waals surface area contributed by atoms with Gasteiger partial charge in [-0.3, -0.25) is 0 Å². The third kappa shape index (κ3) is 2.13. The molecule has 0 saturated heterocycles. The number of imidazole rings is 1. The first kappa shape index (κ1) is 10.5. The SMILES string of the molecule is Cc1nc2cc(Cl)c(CCCN)cc2[nH]1. The maximum absolute atomic E-state index is 6.15. The smallest absolute Gasteiger partial charge is 0.104 e. The average molecular weight is 224 g/mol. The molecule has 15 heavy (non-hydrogen) atoms. The number of hydrogen-bond acceptors (Lipinski definition) is 2. The van der Waals surface area contributed by atoms with Gasteiger partial charge in [-0.1, -0.05) is 11.6 Å². The molecule has 1 aromatic carbocycles. The molecule has 0 aliphatic carbocycles. The number of aromatic nitrogens is 2. The minimum atomic E-state index is 0.691. The molecule has 3 nitrogen and oxygen atoms in total. The van der Waals surface area contributed by atoms with Crippen LogP contribution in [-0.2, 0) is 6.42 Å². The molecule has 0 spiro atoms. The molecule has 4 heteroatoms. The maximum atomic E-state index is 6.15. The summed E-state index contributed by atoms with van der Waals surface area (Å²) in [5, 5.41) is 0.780. The zero-order valence-corrected chi connectivity index (χ0v) is 9.43. The van der Waals surface area contributed by atoms with Crippen LogP contribution in [0.4, 0.5) is 0 Å². The molecule has 0 atom stereocenters. The van der Waals surface area contributed by atoms with Gasteiger partial charge in [0.15, 0.2) is 0 Å². The second-order valence-electron chi connectivity index (χ2n) is 3.68. The number of fused-ring (bicyclic) bond motifs is 1. The van der Waals surface area contributed by atoms with E-state index in [9.17, 15) is 0 Å². The van der Waals surface area contributed by atoms with Crippen molar-refractivity contribution in [3.63, 3.8) is 0 Å². The molecule has 2 aromatic rings. The van der Waals surface area contributed by atoms with Gasteiger partial charge in [0.1, 0.15) is 5.82 Å². The van der Waals surface area contributed by atoms with Gasteiger partial charge in [-0.15, -0.1) is 0 Å². The molecule has 1 heterocycles. The van der Waals surface area contributed by atoms with Crippen molar-refractivity contribution < 1.29 is 0 Å². The molecule has 0 aliphatic heterocycles. The number of nitrogens with zero attached hydrogens (tertiary/aromatic N) is 1. The summed E-state index contributed by atoms with van der Waals surface area (Å²) in [6.45, 7) is 2.63. The third-order valence-electron chi connectivity index (χ3n) is 2.42. The summed E-state index contributed by atoms with van der Waals surface area (Å²) in [7, 11) is 0. The number of halogens is 1. The van der Waals surface area contributed by atoms with Gasteiger partial charge >= 0.3 is 0 Å². The normalized spacial score (nSPS) is 11.1. The van der Waals surface area contributed by atoms with Crippen molar-refractivity contribution in [2.45, 2.75) is 19.8 Å². The topological polar surface area (TPSA) is 54.7 Å². The summed E-state index contributed by atoms with van der Waals surface area (Å²) < 4.78 is 0. The molecule has 0 unspecified atom stereocenters. The summed E-state index contributed by atoms with van der Waals surface area (Å²) in [5.41, 5.74) is 8.59. The van der Waals surface area contributed by atoms with E-state index in [0.717, 1.165) is 40.3 Å². The minimum absolute atomic E-state index is 0.691. The number of nitrogens with two attached hydrogens (primary N) is 1. The van der Waals surface area contributed by atoms with Crippen molar-refractivity contribution in [1.29, 1.82) is 0 Å². The van der Waals surface area contributed by atoms with Crippen molar-refractivity contribution >= 4 is 22.6 Å². The zero-order chi connectivity index (χ0) is 10.8. The van der Waals surface area contributed by atoms with E-state index < -0.39 is 0 Å². The number of H-pyrrole nitrogens is 1. The molecule has 2 rings (SSSR count). The van der Waals surface area contributed by atoms with Gasteiger partial charge in [0.2, 0.25) is 0 Å². The lowest BCUT2D eigenvalue weighted by atomic mass is 10.1. The van der Waals surface area contributed by atoms with Crippen LogP contribution in [0.25, 0.3) is 11.0 Å². The highest BCUT2D eigenvalue weighted by molar-refractivity contribution is 6.32. The van der Waals surface area contributed by atoms with E-state index in [-0.39, 0.29) is 0 Å². The standard InChI is InChI=1S/C11H14ClN3/c1-7-14-10-5-8(3-2-4-13)9(12)6-11(10)15-7/h5-6H,2-4,13H2,1H3,(H,14,15). The van der Waals surface area contributed by atoms with Crippen LogP contribution in [0.1, 0.15) is 17.8 Å². The predicted octanol–water partition coefficient (Wildman–Crippen LogP) is 2.42. The van der Waals surface area contributed by atoms with Gasteiger partial charge in [-0.25, -0.2) is 4.98 Å². The summed E-state index contributed by atoms with van der Waals surface area (Å²) >= 11 is 6.15. The molecule has 0 aliphatic rings. The fourth-order valence-electron chi connectivity index (χ4n) is 1.69. The summed E-state index contributed by atoms with van der Waals surface area (Å²) in [6.07, 6.45) is 1.88. The number of aromatic amines is 1. The summed E-state index contributed by atoms with van der Waals surface area (Å²) in [5.74, 6) is 0.914. The Kier molecular flexibility index (Phi) is 2.93. The fraction of sp³-hybridized carbons (Fsp3) is 0.364. The van der Waals surface area contributed by atoms with Gasteiger partial charge < -0.3 is 10.7 Å². The first-order chi connectivity index (χ1) is 7.20. The molecule has 0 bridgehead atoms. The van der Waals surface area contributed by atoms with E-state index in [0.29, 0.717) is 6.54 Å². The Morgan fingerprint density at radius 1 is 1.47 bits per heavy atom. The lowest BCUT2D eigenvalue weighted by Gasteiger charge is -2.02. The van der Waals surface area contributed by atoms with Crippen LogP contribution in [0.2, 0.25) is 5.02 Å². The Hall–Kier alpha value is -1.06. The number of aryl methyl sites for hydroxylation is 2. The van der Waals surface area contributed by atoms with Crippen LogP contribution >= 0.6 is 11.6 Å². The van der Waals surface area contributed by atoms with Crippen molar-refractivity contribution in [3.05, 3.63) is 28.5 Å². The second-order valence-corrected chi connectivity index (χ2v) is 4.08. The van der Waals surface area contributed by atoms with Crippen LogP contribution < -0.4 is 5.73 Å². The van der Waals surface area contributed by atoms with Crippen molar-refractivity contribution in [1.82, 2.24) is 9.97 Å². The van der Waals surface area contributed by atoms with Crippen LogP contribution in [0.5, 0.6) is 0 Å². The lowest BCUT2D eigenvalue weighted by Crippen LogP contribution is -2.00. The lowest BCUT2D eigenvalue weighted by molar-refractivity contribution is 0.833. The molecule has 0 amide bonds. The summed E-state index contributed by atoms with van der Waals surface area (Å²) in [6, 6.07) is 3.97. The fourth-order valence-corrected chi connectivity index (χ4v) is 1.94. The minimum Gasteiger partial charge on any atom is -0.342 e. The molecular formula is C11H14ClN3. The van der Waals surface area contributed by atoms with E-state index in [4.69, 9.17) is 17.3 Å². The number of benzene rings is 1. The third-order valence-corrected chi connectivity index (χ3v) is 2.77. The van der Waals surface area contributed by atoms with E-state index in [1.54, 1.807) is 0 Å². The van der Waals surface area contributed by atoms with Crippen molar-refractivity contribution in [2.75, 3.05) is 6.54 Å².